The molecule has 1 aromatic carbocycles. The van der Waals surface area contributed by atoms with Crippen LogP contribution in [0, 0.1) is 6.92 Å². The lowest BCUT2D eigenvalue weighted by Crippen LogP contribution is -2.37. The maximum atomic E-state index is 12.7. The van der Waals surface area contributed by atoms with Crippen LogP contribution >= 0.6 is 22.9 Å². The van der Waals surface area contributed by atoms with E-state index in [1.807, 2.05) is 30.5 Å². The van der Waals surface area contributed by atoms with E-state index in [1.165, 1.54) is 23.2 Å². The van der Waals surface area contributed by atoms with Crippen LogP contribution in [0.2, 0.25) is 5.28 Å². The van der Waals surface area contributed by atoms with Gasteiger partial charge in [-0.3, -0.25) is 23.3 Å². The van der Waals surface area contributed by atoms with Gasteiger partial charge in [-0.2, -0.15) is 4.98 Å². The van der Waals surface area contributed by atoms with Crippen molar-refractivity contribution in [3.63, 3.8) is 0 Å². The molecule has 0 aliphatic heterocycles. The fourth-order valence-electron chi connectivity index (χ4n) is 3.16. The smallest absolute Gasteiger partial charge is 0.325 e. The van der Waals surface area contributed by atoms with Crippen molar-refractivity contribution in [2.75, 3.05) is 5.32 Å². The Morgan fingerprint density at radius 1 is 1.20 bits per heavy atom. The van der Waals surface area contributed by atoms with Crippen LogP contribution in [0.3, 0.4) is 0 Å². The summed E-state index contributed by atoms with van der Waals surface area (Å²) in [4.78, 5) is 45.9. The van der Waals surface area contributed by atoms with Crippen LogP contribution in [0.15, 0.2) is 39.2 Å². The summed E-state index contributed by atoms with van der Waals surface area (Å²) in [7, 11) is 2.85. The Morgan fingerprint density at radius 2 is 1.97 bits per heavy atom. The average molecular weight is 445 g/mol. The monoisotopic (exact) mass is 444 g/mol. The van der Waals surface area contributed by atoms with E-state index in [2.05, 4.69) is 15.3 Å². The number of amides is 1. The van der Waals surface area contributed by atoms with Crippen molar-refractivity contribution in [1.82, 2.24) is 23.7 Å². The molecule has 154 valence electrons. The largest absolute Gasteiger partial charge is 0.332 e. The molecule has 1 amide bonds. The number of benzene rings is 1. The molecular weight excluding hydrogens is 428 g/mol. The molecule has 0 aliphatic carbocycles. The van der Waals surface area contributed by atoms with Gasteiger partial charge in [0.2, 0.25) is 11.2 Å². The number of nitrogens with one attached hydrogen (secondary N) is 1. The zero-order valence-electron chi connectivity index (χ0n) is 16.3. The van der Waals surface area contributed by atoms with E-state index < -0.39 is 17.2 Å². The van der Waals surface area contributed by atoms with Crippen LogP contribution in [0.5, 0.6) is 0 Å². The molecule has 0 unspecified atom stereocenters. The third-order valence-corrected chi connectivity index (χ3v) is 5.73. The molecule has 3 heterocycles. The first kappa shape index (κ1) is 20.0. The highest BCUT2D eigenvalue weighted by molar-refractivity contribution is 7.09. The number of thiazole rings is 1. The lowest BCUT2D eigenvalue weighted by atomic mass is 10.1. The van der Waals surface area contributed by atoms with E-state index in [4.69, 9.17) is 11.6 Å². The van der Waals surface area contributed by atoms with E-state index in [1.54, 1.807) is 17.4 Å². The predicted molar refractivity (Wildman–Crippen MR) is 116 cm³/mol. The molecule has 0 atom stereocenters. The van der Waals surface area contributed by atoms with Gasteiger partial charge < -0.3 is 5.32 Å². The number of fused-ring (bicyclic) bond motifs is 1. The number of rotatable bonds is 4. The van der Waals surface area contributed by atoms with Gasteiger partial charge >= 0.3 is 5.69 Å². The van der Waals surface area contributed by atoms with Crippen LogP contribution in [-0.4, -0.2) is 29.6 Å². The lowest BCUT2D eigenvalue weighted by molar-refractivity contribution is -0.116. The first-order valence-corrected chi connectivity index (χ1v) is 10.2. The molecule has 0 saturated carbocycles. The summed E-state index contributed by atoms with van der Waals surface area (Å²) in [6, 6.07) is 7.32. The summed E-state index contributed by atoms with van der Waals surface area (Å²) < 4.78 is 3.46. The third-order valence-electron chi connectivity index (χ3n) is 4.66. The molecule has 0 radical (unpaired) electrons. The minimum atomic E-state index is -0.568. The summed E-state index contributed by atoms with van der Waals surface area (Å²) in [6.45, 7) is 1.70. The van der Waals surface area contributed by atoms with Crippen molar-refractivity contribution in [1.29, 1.82) is 0 Å². The highest BCUT2D eigenvalue weighted by atomic mass is 35.5. The van der Waals surface area contributed by atoms with Crippen molar-refractivity contribution >= 4 is 45.7 Å². The van der Waals surface area contributed by atoms with Crippen molar-refractivity contribution < 1.29 is 4.79 Å². The Kier molecular flexibility index (Phi) is 5.04. The SMILES string of the molecule is Cc1nc(-c2cccc(NC(=O)Cn3c(Cl)nc4c3c(=O)n(C)c(=O)n4C)c2)cs1. The number of halogens is 1. The van der Waals surface area contributed by atoms with E-state index >= 15 is 0 Å². The fourth-order valence-corrected chi connectivity index (χ4v) is 4.01. The second-order valence-corrected chi connectivity index (χ2v) is 8.13. The first-order valence-electron chi connectivity index (χ1n) is 8.90. The number of aryl methyl sites for hydroxylation is 2. The molecule has 3 aromatic heterocycles. The van der Waals surface area contributed by atoms with Crippen molar-refractivity contribution in [2.45, 2.75) is 13.5 Å². The van der Waals surface area contributed by atoms with E-state index in [9.17, 15) is 14.4 Å². The van der Waals surface area contributed by atoms with E-state index in [0.717, 1.165) is 20.8 Å². The summed E-state index contributed by atoms with van der Waals surface area (Å²) in [6.07, 6.45) is 0. The van der Waals surface area contributed by atoms with Gasteiger partial charge in [0.15, 0.2) is 11.2 Å². The highest BCUT2D eigenvalue weighted by Gasteiger charge is 2.20. The number of nitrogens with zero attached hydrogens (tertiary/aromatic N) is 5. The van der Waals surface area contributed by atoms with Gasteiger partial charge in [-0.15, -0.1) is 11.3 Å². The van der Waals surface area contributed by atoms with Crippen molar-refractivity contribution in [3.05, 3.63) is 60.8 Å². The quantitative estimate of drug-likeness (QED) is 0.486. The van der Waals surface area contributed by atoms with Crippen LogP contribution < -0.4 is 16.6 Å². The molecule has 0 saturated heterocycles. The summed E-state index contributed by atoms with van der Waals surface area (Å²) in [5.74, 6) is -0.390. The molecule has 0 fully saturated rings. The molecule has 11 heteroatoms. The molecule has 30 heavy (non-hydrogen) atoms. The average Bonchev–Trinajstić information content (AvgIpc) is 3.29. The van der Waals surface area contributed by atoms with E-state index in [-0.39, 0.29) is 23.0 Å². The number of imidazole rings is 1. The summed E-state index contributed by atoms with van der Waals surface area (Å²) >= 11 is 7.72. The maximum Gasteiger partial charge on any atom is 0.332 e. The number of aromatic nitrogens is 5. The summed E-state index contributed by atoms with van der Waals surface area (Å²) in [5.41, 5.74) is 1.43. The van der Waals surface area contributed by atoms with Gasteiger partial charge in [-0.05, 0) is 30.7 Å². The Bertz CT molecular complexity index is 1410. The van der Waals surface area contributed by atoms with Gasteiger partial charge in [0, 0.05) is 30.7 Å². The fraction of sp³-hybridized carbons (Fsp3) is 0.211. The molecule has 4 aromatic rings. The van der Waals surface area contributed by atoms with Crippen LogP contribution in [0.1, 0.15) is 5.01 Å². The van der Waals surface area contributed by atoms with Crippen molar-refractivity contribution in [2.24, 2.45) is 14.1 Å². The van der Waals surface area contributed by atoms with Crippen LogP contribution in [0.25, 0.3) is 22.4 Å². The number of anilines is 1. The minimum Gasteiger partial charge on any atom is -0.325 e. The zero-order chi connectivity index (χ0) is 21.6. The van der Waals surface area contributed by atoms with Crippen molar-refractivity contribution in [3.8, 4) is 11.3 Å². The second-order valence-electron chi connectivity index (χ2n) is 6.73. The van der Waals surface area contributed by atoms with Gasteiger partial charge in [-0.1, -0.05) is 12.1 Å². The van der Waals surface area contributed by atoms with E-state index in [0.29, 0.717) is 5.69 Å². The molecular formula is C19H17ClN6O3S. The standard InChI is InChI=1S/C19H17ClN6O3S/c1-10-21-13(9-30-10)11-5-4-6-12(7-11)22-14(27)8-26-15-16(23-18(26)20)24(2)19(29)25(3)17(15)28/h4-7,9H,8H2,1-3H3,(H,22,27). The van der Waals surface area contributed by atoms with Crippen LogP contribution in [0.4, 0.5) is 5.69 Å². The topological polar surface area (TPSA) is 104 Å². The first-order chi connectivity index (χ1) is 14.3. The number of hydrogen-bond acceptors (Lipinski definition) is 6. The zero-order valence-corrected chi connectivity index (χ0v) is 17.9. The highest BCUT2D eigenvalue weighted by Crippen LogP contribution is 2.24. The molecule has 9 nitrogen and oxygen atoms in total. The van der Waals surface area contributed by atoms with Gasteiger partial charge in [0.05, 0.1) is 10.7 Å². The minimum absolute atomic E-state index is 0.0508. The van der Waals surface area contributed by atoms with Gasteiger partial charge in [0.25, 0.3) is 5.56 Å². The Labute approximate surface area is 179 Å². The number of carbonyl (C=O) groups excluding carboxylic acids is 1. The van der Waals surface area contributed by atoms with Gasteiger partial charge in [0.1, 0.15) is 6.54 Å². The normalized spacial score (nSPS) is 11.2. The predicted octanol–water partition coefficient (Wildman–Crippen LogP) is 2.16. The summed E-state index contributed by atoms with van der Waals surface area (Å²) in [5, 5.41) is 5.66. The molecule has 0 aliphatic rings. The molecule has 0 spiro atoms. The third kappa shape index (κ3) is 3.44. The molecule has 0 bridgehead atoms. The van der Waals surface area contributed by atoms with Gasteiger partial charge in [-0.25, -0.2) is 9.78 Å². The Balaban J connectivity index is 1.64. The van der Waals surface area contributed by atoms with Crippen LogP contribution in [-0.2, 0) is 25.4 Å². The molecule has 1 N–H and O–H groups in total. The lowest BCUT2D eigenvalue weighted by Gasteiger charge is -2.09. The number of carbonyl (C=O) groups is 1. The molecule has 4 rings (SSSR count). The maximum absolute atomic E-state index is 12.7. The second kappa shape index (κ2) is 7.54. The Hall–Kier alpha value is -3.24. The Morgan fingerprint density at radius 3 is 2.67 bits per heavy atom. The number of hydrogen-bond donors (Lipinski definition) is 1.